The lowest BCUT2D eigenvalue weighted by molar-refractivity contribution is 0.111. The van der Waals surface area contributed by atoms with Crippen molar-refractivity contribution in [3.05, 3.63) is 142 Å². The molecule has 0 radical (unpaired) electrons. The van der Waals surface area contributed by atoms with Gasteiger partial charge in [-0.05, 0) is 39.3 Å². The monoisotopic (exact) mass is 452 g/mol. The van der Waals surface area contributed by atoms with Crippen LogP contribution in [0.5, 0.6) is 0 Å². The first-order chi connectivity index (χ1) is 16.4. The fourth-order valence-corrected chi connectivity index (χ4v) is 2.64. The van der Waals surface area contributed by atoms with Crippen LogP contribution >= 0.6 is 0 Å². The van der Waals surface area contributed by atoms with Gasteiger partial charge in [0.2, 0.25) is 0 Å². The Labute approximate surface area is 203 Å². The smallest absolute Gasteiger partial charge is 0.150 e. The topological polar surface area (TPSA) is 51.2 Å². The van der Waals surface area contributed by atoms with Gasteiger partial charge in [-0.3, -0.25) is 14.4 Å². The van der Waals surface area contributed by atoms with Crippen molar-refractivity contribution < 1.29 is 14.4 Å². The van der Waals surface area contributed by atoms with Crippen LogP contribution in [0, 0.1) is 27.7 Å². The van der Waals surface area contributed by atoms with Crippen LogP contribution in [0.4, 0.5) is 0 Å². The van der Waals surface area contributed by atoms with Gasteiger partial charge in [0.25, 0.3) is 0 Å². The van der Waals surface area contributed by atoms with E-state index in [1.807, 2.05) is 106 Å². The van der Waals surface area contributed by atoms with Crippen LogP contribution in [0.3, 0.4) is 0 Å². The van der Waals surface area contributed by atoms with E-state index in [0.29, 0.717) is 0 Å². The van der Waals surface area contributed by atoms with E-state index < -0.39 is 0 Å². The van der Waals surface area contributed by atoms with Gasteiger partial charge in [0.1, 0.15) is 18.9 Å². The van der Waals surface area contributed by atoms with Crippen molar-refractivity contribution in [3.63, 3.8) is 0 Å². The molecular weight excluding hydrogens is 420 g/mol. The number of carbonyl (C=O) groups is 3. The fourth-order valence-electron chi connectivity index (χ4n) is 2.64. The third-order valence-electron chi connectivity index (χ3n) is 4.65. The Morgan fingerprint density at radius 2 is 0.971 bits per heavy atom. The van der Waals surface area contributed by atoms with Crippen molar-refractivity contribution in [1.82, 2.24) is 0 Å². The van der Waals surface area contributed by atoms with E-state index in [1.54, 1.807) is 6.07 Å². The Morgan fingerprint density at radius 1 is 0.441 bits per heavy atom. The SMILES string of the molecule is Cc1ccc(C=O)cc1.Cc1cccc(C=O)c1.Cc1ccccc1.Cc1ccccc1C=O. The van der Waals surface area contributed by atoms with Crippen LogP contribution in [-0.2, 0) is 0 Å². The largest absolute Gasteiger partial charge is 0.298 e. The predicted octanol–water partition coefficient (Wildman–Crippen LogP) is 7.42. The number of carbonyl (C=O) groups excluding carboxylic acids is 3. The summed E-state index contributed by atoms with van der Waals surface area (Å²) < 4.78 is 0. The molecule has 0 aliphatic heterocycles. The molecular formula is C31H32O3. The number of benzene rings is 4. The molecule has 0 spiro atoms. The van der Waals surface area contributed by atoms with Crippen LogP contribution < -0.4 is 0 Å². The van der Waals surface area contributed by atoms with E-state index in [2.05, 4.69) is 19.1 Å². The highest BCUT2D eigenvalue weighted by Gasteiger charge is 1.90. The van der Waals surface area contributed by atoms with Crippen molar-refractivity contribution in [3.8, 4) is 0 Å². The Morgan fingerprint density at radius 3 is 1.38 bits per heavy atom. The predicted molar refractivity (Wildman–Crippen MR) is 141 cm³/mol. The van der Waals surface area contributed by atoms with Gasteiger partial charge in [-0.15, -0.1) is 0 Å². The van der Waals surface area contributed by atoms with Crippen molar-refractivity contribution in [1.29, 1.82) is 0 Å². The van der Waals surface area contributed by atoms with Gasteiger partial charge < -0.3 is 0 Å². The van der Waals surface area contributed by atoms with Crippen LogP contribution in [0.15, 0.2) is 103 Å². The van der Waals surface area contributed by atoms with E-state index >= 15 is 0 Å². The summed E-state index contributed by atoms with van der Waals surface area (Å²) in [6.07, 6.45) is 2.57. The molecule has 4 aromatic rings. The summed E-state index contributed by atoms with van der Waals surface area (Å²) in [6.45, 7) is 7.96. The second kappa shape index (κ2) is 16.5. The number of hydrogen-bond acceptors (Lipinski definition) is 3. The zero-order chi connectivity index (χ0) is 25.2. The van der Waals surface area contributed by atoms with Crippen molar-refractivity contribution in [2.24, 2.45) is 0 Å². The van der Waals surface area contributed by atoms with E-state index in [1.165, 1.54) is 11.1 Å². The van der Waals surface area contributed by atoms with Gasteiger partial charge in [0, 0.05) is 16.7 Å². The minimum absolute atomic E-state index is 0.737. The standard InChI is InChI=1S/3C8H8O.C7H8/c1-7-2-4-8(6-9)5-3-7;1-7-3-2-4-8(5-7)6-9;1-7-4-2-3-5-8(7)6-9;1-7-5-3-2-4-6-7/h3*2-6H,1H3;2-6H,1H3. The highest BCUT2D eigenvalue weighted by Crippen LogP contribution is 2.02. The number of hydrogen-bond donors (Lipinski definition) is 0. The zero-order valence-corrected chi connectivity index (χ0v) is 20.3. The summed E-state index contributed by atoms with van der Waals surface area (Å²) >= 11 is 0. The lowest BCUT2D eigenvalue weighted by Gasteiger charge is -1.92. The third kappa shape index (κ3) is 12.1. The lowest BCUT2D eigenvalue weighted by atomic mass is 10.1. The van der Waals surface area contributed by atoms with Gasteiger partial charge in [0.15, 0.2) is 0 Å². The van der Waals surface area contributed by atoms with Gasteiger partial charge in [-0.25, -0.2) is 0 Å². The Kier molecular flexibility index (Phi) is 13.6. The maximum atomic E-state index is 10.2. The van der Waals surface area contributed by atoms with Crippen LogP contribution in [0.1, 0.15) is 53.3 Å². The van der Waals surface area contributed by atoms with E-state index in [0.717, 1.165) is 46.7 Å². The van der Waals surface area contributed by atoms with Crippen LogP contribution in [0.25, 0.3) is 0 Å². The summed E-state index contributed by atoms with van der Waals surface area (Å²) in [6, 6.07) is 32.7. The minimum Gasteiger partial charge on any atom is -0.298 e. The van der Waals surface area contributed by atoms with Crippen molar-refractivity contribution in [2.75, 3.05) is 0 Å². The second-order valence-electron chi connectivity index (χ2n) is 7.69. The number of aryl methyl sites for hydroxylation is 4. The fraction of sp³-hybridized carbons (Fsp3) is 0.129. The Bertz CT molecular complexity index is 1130. The normalized spacial score (nSPS) is 8.94. The van der Waals surface area contributed by atoms with Gasteiger partial charge in [-0.1, -0.05) is 114 Å². The van der Waals surface area contributed by atoms with Crippen LogP contribution in [-0.4, -0.2) is 18.9 Å². The molecule has 0 fully saturated rings. The maximum absolute atomic E-state index is 10.2. The first-order valence-electron chi connectivity index (χ1n) is 11.0. The molecule has 4 rings (SSSR count). The molecule has 0 saturated heterocycles. The summed E-state index contributed by atoms with van der Waals surface area (Å²) in [7, 11) is 0. The van der Waals surface area contributed by atoms with Crippen molar-refractivity contribution >= 4 is 18.9 Å². The molecule has 0 aromatic heterocycles. The highest BCUT2D eigenvalue weighted by atomic mass is 16.1. The summed E-state index contributed by atoms with van der Waals surface area (Å²) in [4.78, 5) is 30.5. The minimum atomic E-state index is 0.737. The van der Waals surface area contributed by atoms with Gasteiger partial charge in [-0.2, -0.15) is 0 Å². The molecule has 174 valence electrons. The summed E-state index contributed by atoms with van der Waals surface area (Å²) in [5, 5.41) is 0. The molecule has 0 atom stereocenters. The van der Waals surface area contributed by atoms with Crippen LogP contribution in [0.2, 0.25) is 0 Å². The number of aldehydes is 3. The molecule has 3 nitrogen and oxygen atoms in total. The molecule has 4 aromatic carbocycles. The average molecular weight is 453 g/mol. The maximum Gasteiger partial charge on any atom is 0.150 e. The third-order valence-corrected chi connectivity index (χ3v) is 4.65. The lowest BCUT2D eigenvalue weighted by Crippen LogP contribution is -1.82. The first kappa shape index (κ1) is 27.9. The molecule has 34 heavy (non-hydrogen) atoms. The Balaban J connectivity index is 0.000000228. The summed E-state index contributed by atoms with van der Waals surface area (Å²) in [5.41, 5.74) is 6.92. The first-order valence-corrected chi connectivity index (χ1v) is 11.0. The molecule has 0 aliphatic carbocycles. The second-order valence-corrected chi connectivity index (χ2v) is 7.69. The van der Waals surface area contributed by atoms with E-state index in [9.17, 15) is 14.4 Å². The number of rotatable bonds is 3. The molecule has 0 N–H and O–H groups in total. The quantitative estimate of drug-likeness (QED) is 0.304. The van der Waals surface area contributed by atoms with E-state index in [-0.39, 0.29) is 0 Å². The summed E-state index contributed by atoms with van der Waals surface area (Å²) in [5.74, 6) is 0. The molecule has 0 saturated carbocycles. The van der Waals surface area contributed by atoms with E-state index in [4.69, 9.17) is 0 Å². The van der Waals surface area contributed by atoms with Gasteiger partial charge in [0.05, 0.1) is 0 Å². The average Bonchev–Trinajstić information content (AvgIpc) is 2.86. The van der Waals surface area contributed by atoms with Crippen molar-refractivity contribution in [2.45, 2.75) is 27.7 Å². The molecule has 0 heterocycles. The molecule has 0 aliphatic rings. The van der Waals surface area contributed by atoms with Gasteiger partial charge >= 0.3 is 0 Å². The molecule has 3 heteroatoms. The molecule has 0 bridgehead atoms. The molecule has 0 unspecified atom stereocenters. The molecule has 0 amide bonds. The Hall–Kier alpha value is -4.11. The zero-order valence-electron chi connectivity index (χ0n) is 20.3. The highest BCUT2D eigenvalue weighted by molar-refractivity contribution is 5.77.